The highest BCUT2D eigenvalue weighted by atomic mass is 79.9. The van der Waals surface area contributed by atoms with Crippen LogP contribution in [0.5, 0.6) is 5.75 Å². The Balaban J connectivity index is 2.10. The molecule has 0 aromatic heterocycles. The van der Waals surface area contributed by atoms with E-state index in [0.717, 1.165) is 21.3 Å². The van der Waals surface area contributed by atoms with Gasteiger partial charge in [-0.2, -0.15) is 0 Å². The molecule has 0 saturated heterocycles. The molecule has 0 heterocycles. The summed E-state index contributed by atoms with van der Waals surface area (Å²) >= 11 is 3.43. The lowest BCUT2D eigenvalue weighted by Gasteiger charge is -2.11. The van der Waals surface area contributed by atoms with Gasteiger partial charge in [-0.1, -0.05) is 12.1 Å². The van der Waals surface area contributed by atoms with Crippen LogP contribution in [0.1, 0.15) is 21.5 Å². The van der Waals surface area contributed by atoms with Crippen molar-refractivity contribution in [1.29, 1.82) is 0 Å². The molecule has 0 spiro atoms. The molecule has 0 atom stereocenters. The number of benzene rings is 2. The Hall–Kier alpha value is -1.85. The van der Waals surface area contributed by atoms with Crippen molar-refractivity contribution in [2.45, 2.75) is 13.8 Å². The third kappa shape index (κ3) is 4.81. The lowest BCUT2D eigenvalue weighted by molar-refractivity contribution is 0.102. The number of amides is 1. The first-order valence-corrected chi connectivity index (χ1v) is 8.10. The topological polar surface area (TPSA) is 47.6 Å². The summed E-state index contributed by atoms with van der Waals surface area (Å²) in [5, 5.41) is 2.95. The zero-order chi connectivity index (χ0) is 16.8. The van der Waals surface area contributed by atoms with Crippen LogP contribution in [0, 0.1) is 13.8 Å². The highest BCUT2D eigenvalue weighted by Crippen LogP contribution is 2.26. The Kier molecular flexibility index (Phi) is 6.19. The number of hydrogen-bond donors (Lipinski definition) is 1. The van der Waals surface area contributed by atoms with E-state index in [0.29, 0.717) is 24.5 Å². The fraction of sp³-hybridized carbons (Fsp3) is 0.278. The van der Waals surface area contributed by atoms with E-state index in [1.165, 1.54) is 0 Å². The van der Waals surface area contributed by atoms with Crippen molar-refractivity contribution in [3.05, 3.63) is 57.6 Å². The van der Waals surface area contributed by atoms with Gasteiger partial charge < -0.3 is 14.8 Å². The van der Waals surface area contributed by atoms with Gasteiger partial charge in [0.05, 0.1) is 11.1 Å². The molecule has 0 saturated carbocycles. The molecule has 4 nitrogen and oxygen atoms in total. The number of carbonyl (C=O) groups is 1. The average Bonchev–Trinajstić information content (AvgIpc) is 2.52. The molecule has 1 N–H and O–H groups in total. The van der Waals surface area contributed by atoms with Gasteiger partial charge in [0, 0.05) is 18.4 Å². The smallest absolute Gasteiger partial charge is 0.255 e. The van der Waals surface area contributed by atoms with Crippen LogP contribution in [0.2, 0.25) is 0 Å². The predicted octanol–water partition coefficient (Wildman–Crippen LogP) is 4.34. The van der Waals surface area contributed by atoms with Crippen LogP contribution in [0.25, 0.3) is 0 Å². The van der Waals surface area contributed by atoms with Crippen LogP contribution < -0.4 is 10.1 Å². The molecule has 0 radical (unpaired) electrons. The van der Waals surface area contributed by atoms with Gasteiger partial charge in [0.25, 0.3) is 5.91 Å². The Morgan fingerprint density at radius 3 is 2.61 bits per heavy atom. The van der Waals surface area contributed by atoms with Crippen molar-refractivity contribution >= 4 is 27.5 Å². The summed E-state index contributed by atoms with van der Waals surface area (Å²) < 4.78 is 11.2. The fourth-order valence-electron chi connectivity index (χ4n) is 2.06. The van der Waals surface area contributed by atoms with Crippen molar-refractivity contribution in [3.63, 3.8) is 0 Å². The maximum absolute atomic E-state index is 12.4. The number of nitrogens with one attached hydrogen (secondary N) is 1. The standard InChI is InChI=1S/C18H20BrNO3/c1-12-4-5-13(2)16(10-12)20-18(21)14-6-7-17(15(19)11-14)23-9-8-22-3/h4-7,10-11H,8-9H2,1-3H3,(H,20,21). The van der Waals surface area contributed by atoms with Gasteiger partial charge in [0.15, 0.2) is 0 Å². The molecule has 2 aromatic carbocycles. The van der Waals surface area contributed by atoms with Crippen LogP contribution in [0.4, 0.5) is 5.69 Å². The molecule has 23 heavy (non-hydrogen) atoms. The van der Waals surface area contributed by atoms with Crippen molar-refractivity contribution in [2.24, 2.45) is 0 Å². The SMILES string of the molecule is COCCOc1ccc(C(=O)Nc2cc(C)ccc2C)cc1Br. The summed E-state index contributed by atoms with van der Waals surface area (Å²) in [4.78, 5) is 12.4. The van der Waals surface area contributed by atoms with E-state index < -0.39 is 0 Å². The quantitative estimate of drug-likeness (QED) is 0.761. The molecule has 0 bridgehead atoms. The number of halogens is 1. The average molecular weight is 378 g/mol. The van der Waals surface area contributed by atoms with Crippen LogP contribution in [-0.4, -0.2) is 26.2 Å². The molecule has 0 fully saturated rings. The fourth-order valence-corrected chi connectivity index (χ4v) is 2.55. The molecule has 0 aliphatic rings. The van der Waals surface area contributed by atoms with Gasteiger partial charge in [-0.05, 0) is 65.2 Å². The van der Waals surface area contributed by atoms with E-state index >= 15 is 0 Å². The van der Waals surface area contributed by atoms with Crippen molar-refractivity contribution in [3.8, 4) is 5.75 Å². The molecule has 0 aliphatic carbocycles. The van der Waals surface area contributed by atoms with Crippen molar-refractivity contribution in [1.82, 2.24) is 0 Å². The second-order valence-corrected chi connectivity index (χ2v) is 6.11. The number of methoxy groups -OCH3 is 1. The highest BCUT2D eigenvalue weighted by Gasteiger charge is 2.11. The second-order valence-electron chi connectivity index (χ2n) is 5.26. The van der Waals surface area contributed by atoms with E-state index in [9.17, 15) is 4.79 Å². The minimum absolute atomic E-state index is 0.150. The number of carbonyl (C=O) groups excluding carboxylic acids is 1. The summed E-state index contributed by atoms with van der Waals surface area (Å²) in [6, 6.07) is 11.2. The molecular formula is C18H20BrNO3. The van der Waals surface area contributed by atoms with E-state index in [1.54, 1.807) is 25.3 Å². The van der Waals surface area contributed by atoms with Gasteiger partial charge in [-0.15, -0.1) is 0 Å². The Morgan fingerprint density at radius 2 is 1.91 bits per heavy atom. The monoisotopic (exact) mass is 377 g/mol. The number of ether oxygens (including phenoxy) is 2. The number of rotatable bonds is 6. The zero-order valence-corrected chi connectivity index (χ0v) is 15.1. The molecule has 2 aromatic rings. The van der Waals surface area contributed by atoms with Crippen LogP contribution in [0.3, 0.4) is 0 Å². The molecule has 2 rings (SSSR count). The lowest BCUT2D eigenvalue weighted by atomic mass is 10.1. The summed E-state index contributed by atoms with van der Waals surface area (Å²) in [5.74, 6) is 0.535. The Labute approximate surface area is 144 Å². The maximum atomic E-state index is 12.4. The molecule has 5 heteroatoms. The third-order valence-electron chi connectivity index (χ3n) is 3.38. The van der Waals surface area contributed by atoms with Crippen LogP contribution in [-0.2, 0) is 4.74 Å². The predicted molar refractivity (Wildman–Crippen MR) is 95.4 cm³/mol. The normalized spacial score (nSPS) is 10.4. The number of aryl methyl sites for hydroxylation is 2. The lowest BCUT2D eigenvalue weighted by Crippen LogP contribution is -2.13. The number of hydrogen-bond acceptors (Lipinski definition) is 3. The summed E-state index contributed by atoms with van der Waals surface area (Å²) in [5.41, 5.74) is 3.53. The summed E-state index contributed by atoms with van der Waals surface area (Å²) in [7, 11) is 1.62. The molecule has 0 unspecified atom stereocenters. The van der Waals surface area contributed by atoms with Crippen LogP contribution >= 0.6 is 15.9 Å². The van der Waals surface area contributed by atoms with E-state index in [-0.39, 0.29) is 5.91 Å². The molecule has 1 amide bonds. The molecule has 122 valence electrons. The first-order chi connectivity index (χ1) is 11.0. The van der Waals surface area contributed by atoms with E-state index in [1.807, 2.05) is 32.0 Å². The van der Waals surface area contributed by atoms with Gasteiger partial charge in [0.2, 0.25) is 0 Å². The minimum Gasteiger partial charge on any atom is -0.490 e. The van der Waals surface area contributed by atoms with Gasteiger partial charge in [0.1, 0.15) is 12.4 Å². The Morgan fingerprint density at radius 1 is 1.13 bits per heavy atom. The highest BCUT2D eigenvalue weighted by molar-refractivity contribution is 9.10. The zero-order valence-electron chi connectivity index (χ0n) is 13.5. The molecule has 0 aliphatic heterocycles. The summed E-state index contributed by atoms with van der Waals surface area (Å²) in [6.07, 6.45) is 0. The second kappa shape index (κ2) is 8.13. The third-order valence-corrected chi connectivity index (χ3v) is 4.00. The van der Waals surface area contributed by atoms with Crippen molar-refractivity contribution in [2.75, 3.05) is 25.6 Å². The summed E-state index contributed by atoms with van der Waals surface area (Å²) in [6.45, 7) is 4.94. The largest absolute Gasteiger partial charge is 0.490 e. The number of anilines is 1. The first-order valence-electron chi connectivity index (χ1n) is 7.31. The van der Waals surface area contributed by atoms with E-state index in [4.69, 9.17) is 9.47 Å². The van der Waals surface area contributed by atoms with Gasteiger partial charge >= 0.3 is 0 Å². The van der Waals surface area contributed by atoms with Crippen LogP contribution in [0.15, 0.2) is 40.9 Å². The first kappa shape index (κ1) is 17.5. The molecular weight excluding hydrogens is 358 g/mol. The van der Waals surface area contributed by atoms with Crippen molar-refractivity contribution < 1.29 is 14.3 Å². The van der Waals surface area contributed by atoms with Gasteiger partial charge in [-0.3, -0.25) is 4.79 Å². The maximum Gasteiger partial charge on any atom is 0.255 e. The Bertz CT molecular complexity index is 701. The minimum atomic E-state index is -0.150. The van der Waals surface area contributed by atoms with Gasteiger partial charge in [-0.25, -0.2) is 0 Å². The van der Waals surface area contributed by atoms with E-state index in [2.05, 4.69) is 21.2 Å².